The van der Waals surface area contributed by atoms with Gasteiger partial charge in [0.25, 0.3) is 11.4 Å². The summed E-state index contributed by atoms with van der Waals surface area (Å²) in [5, 5.41) is 31.5. The monoisotopic (exact) mass is 442 g/mol. The molecule has 0 spiro atoms. The lowest BCUT2D eigenvalue weighted by Gasteiger charge is -2.14. The van der Waals surface area contributed by atoms with Crippen molar-refractivity contribution in [2.24, 2.45) is 5.18 Å². The van der Waals surface area contributed by atoms with Gasteiger partial charge < -0.3 is 20.4 Å². The molecule has 1 heterocycles. The van der Waals surface area contributed by atoms with Gasteiger partial charge in [0, 0.05) is 30.4 Å². The van der Waals surface area contributed by atoms with Gasteiger partial charge in [0.05, 0.1) is 23.0 Å². The van der Waals surface area contributed by atoms with E-state index in [9.17, 15) is 29.9 Å². The van der Waals surface area contributed by atoms with Gasteiger partial charge in [-0.1, -0.05) is 0 Å². The van der Waals surface area contributed by atoms with E-state index < -0.39 is 33.3 Å². The first-order chi connectivity index (χ1) is 15.2. The van der Waals surface area contributed by atoms with Crippen LogP contribution in [0.3, 0.4) is 0 Å². The van der Waals surface area contributed by atoms with E-state index in [1.165, 1.54) is 7.11 Å². The highest BCUT2D eigenvalue weighted by Crippen LogP contribution is 2.37. The molecule has 1 unspecified atom stereocenters. The Labute approximate surface area is 180 Å². The van der Waals surface area contributed by atoms with E-state index in [1.54, 1.807) is 24.4 Å². The molecule has 32 heavy (non-hydrogen) atoms. The molecule has 0 saturated carbocycles. The average molecular weight is 442 g/mol. The molecular weight excluding hydrogens is 424 g/mol. The minimum absolute atomic E-state index is 0.0558. The van der Waals surface area contributed by atoms with Gasteiger partial charge in [-0.25, -0.2) is 0 Å². The Balaban J connectivity index is 1.98. The van der Waals surface area contributed by atoms with Gasteiger partial charge in [-0.05, 0) is 35.0 Å². The number of benzene rings is 2. The van der Waals surface area contributed by atoms with Crippen molar-refractivity contribution in [2.45, 2.75) is 19.5 Å². The van der Waals surface area contributed by atoms with Crippen molar-refractivity contribution in [1.82, 2.24) is 4.98 Å². The van der Waals surface area contributed by atoms with Crippen molar-refractivity contribution < 1.29 is 19.4 Å². The minimum Gasteiger partial charge on any atom is -0.497 e. The van der Waals surface area contributed by atoms with E-state index in [2.05, 4.69) is 20.8 Å². The largest absolute Gasteiger partial charge is 0.497 e. The second-order valence-electron chi connectivity index (χ2n) is 6.78. The van der Waals surface area contributed by atoms with Crippen LogP contribution in [0, 0.1) is 25.1 Å². The summed E-state index contributed by atoms with van der Waals surface area (Å²) in [7, 11) is 1.52. The van der Waals surface area contributed by atoms with Crippen LogP contribution in [-0.4, -0.2) is 34.0 Å². The summed E-state index contributed by atoms with van der Waals surface area (Å²) < 4.78 is 5.21. The average Bonchev–Trinajstić information content (AvgIpc) is 3.14. The number of nitroso groups, excluding NO2 is 1. The normalized spacial score (nSPS) is 11.6. The van der Waals surface area contributed by atoms with E-state index in [0.717, 1.165) is 23.9 Å². The van der Waals surface area contributed by atoms with E-state index >= 15 is 0 Å². The number of nitrogens with one attached hydrogen (secondary N) is 3. The van der Waals surface area contributed by atoms with Crippen LogP contribution in [0.4, 0.5) is 22.7 Å². The molecule has 13 heteroatoms. The molecule has 166 valence electrons. The van der Waals surface area contributed by atoms with E-state index in [0.29, 0.717) is 17.4 Å². The summed E-state index contributed by atoms with van der Waals surface area (Å²) in [6.45, 7) is 1.14. The zero-order chi connectivity index (χ0) is 23.4. The first-order valence-electron chi connectivity index (χ1n) is 9.21. The van der Waals surface area contributed by atoms with Gasteiger partial charge in [-0.3, -0.25) is 25.0 Å². The summed E-state index contributed by atoms with van der Waals surface area (Å²) in [4.78, 5) is 47.1. The van der Waals surface area contributed by atoms with Gasteiger partial charge in [0.15, 0.2) is 6.17 Å². The fourth-order valence-electron chi connectivity index (χ4n) is 3.24. The van der Waals surface area contributed by atoms with Crippen LogP contribution in [0.2, 0.25) is 0 Å². The van der Waals surface area contributed by atoms with Gasteiger partial charge in [0.1, 0.15) is 17.1 Å². The van der Waals surface area contributed by atoms with Gasteiger partial charge >= 0.3 is 0 Å². The third-order valence-electron chi connectivity index (χ3n) is 4.66. The summed E-state index contributed by atoms with van der Waals surface area (Å²) in [6.07, 6.45) is 0.586. The van der Waals surface area contributed by atoms with Crippen molar-refractivity contribution in [3.8, 4) is 5.75 Å². The van der Waals surface area contributed by atoms with Crippen molar-refractivity contribution in [3.05, 3.63) is 67.2 Å². The number of rotatable bonds is 9. The van der Waals surface area contributed by atoms with E-state index in [4.69, 9.17) is 4.74 Å². The highest BCUT2D eigenvalue weighted by molar-refractivity contribution is 5.93. The van der Waals surface area contributed by atoms with Crippen LogP contribution in [0.1, 0.15) is 12.5 Å². The molecule has 3 aromatic rings. The number of carbonyl (C=O) groups excluding carboxylic acids is 1. The fraction of sp³-hybridized carbons (Fsp3) is 0.211. The Bertz CT molecular complexity index is 1220. The number of methoxy groups -OCH3 is 1. The number of nitro benzene ring substituents is 2. The summed E-state index contributed by atoms with van der Waals surface area (Å²) in [5.41, 5.74) is -0.261. The second-order valence-corrected chi connectivity index (χ2v) is 6.78. The molecule has 13 nitrogen and oxygen atoms in total. The molecule has 0 radical (unpaired) electrons. The van der Waals surface area contributed by atoms with Crippen molar-refractivity contribution in [3.63, 3.8) is 0 Å². The number of nitrogens with zero attached hydrogens (tertiary/aromatic N) is 3. The third-order valence-corrected chi connectivity index (χ3v) is 4.66. The van der Waals surface area contributed by atoms with Gasteiger partial charge in [-0.2, -0.15) is 0 Å². The molecule has 0 bridgehead atoms. The first-order valence-corrected chi connectivity index (χ1v) is 9.21. The lowest BCUT2D eigenvalue weighted by atomic mass is 10.1. The number of H-pyrrole nitrogens is 1. The highest BCUT2D eigenvalue weighted by Gasteiger charge is 2.27. The Morgan fingerprint density at radius 1 is 1.16 bits per heavy atom. The number of ether oxygens (including phenoxy) is 1. The number of carbonyl (C=O) groups is 1. The lowest BCUT2D eigenvalue weighted by molar-refractivity contribution is -0.393. The van der Waals surface area contributed by atoms with Crippen LogP contribution < -0.4 is 15.4 Å². The smallest absolute Gasteiger partial charge is 0.299 e. The zero-order valence-electron chi connectivity index (χ0n) is 16.9. The van der Waals surface area contributed by atoms with Crippen molar-refractivity contribution >= 4 is 39.6 Å². The number of fused-ring (bicyclic) bond motifs is 1. The topological polar surface area (TPSA) is 182 Å². The quantitative estimate of drug-likeness (QED) is 0.254. The Kier molecular flexibility index (Phi) is 6.28. The standard InChI is InChI=1S/C19H18N6O7/c1-10(26)21-15-7-16(18(25(30)31)8-17(15)24(28)29)22-19(23-27)5-11-9-20-14-4-3-12(32-2)6-13(11)14/h3-4,6-9,19-20,22H,5H2,1-2H3,(H,21,26). The number of aromatic amines is 1. The molecule has 1 amide bonds. The molecule has 0 aliphatic carbocycles. The SMILES string of the molecule is COc1ccc2[nH]cc(CC(N=O)Nc3cc(NC(C)=O)c([N+](=O)[O-])cc3[N+](=O)[O-])c2c1. The number of hydrogen-bond acceptors (Lipinski definition) is 9. The Morgan fingerprint density at radius 3 is 2.44 bits per heavy atom. The lowest BCUT2D eigenvalue weighted by Crippen LogP contribution is -2.20. The Hall–Kier alpha value is -4.55. The number of hydrogen-bond donors (Lipinski definition) is 3. The van der Waals surface area contributed by atoms with Crippen LogP contribution in [0.5, 0.6) is 5.75 Å². The molecular formula is C19H18N6O7. The maximum Gasteiger partial charge on any atom is 0.299 e. The molecule has 2 aromatic carbocycles. The Morgan fingerprint density at radius 2 is 1.84 bits per heavy atom. The molecule has 0 aliphatic heterocycles. The maximum atomic E-state index is 11.5. The van der Waals surface area contributed by atoms with Crippen LogP contribution >= 0.6 is 0 Å². The molecule has 0 aliphatic rings. The highest BCUT2D eigenvalue weighted by atomic mass is 16.6. The predicted molar refractivity (Wildman–Crippen MR) is 116 cm³/mol. The van der Waals surface area contributed by atoms with Crippen LogP contribution in [-0.2, 0) is 11.2 Å². The third kappa shape index (κ3) is 4.61. The molecule has 3 N–H and O–H groups in total. The van der Waals surface area contributed by atoms with Crippen LogP contribution in [0.15, 0.2) is 41.7 Å². The molecule has 1 aromatic heterocycles. The number of nitro groups is 2. The molecule has 3 rings (SSSR count). The maximum absolute atomic E-state index is 11.5. The van der Waals surface area contributed by atoms with Gasteiger partial charge in [-0.15, -0.1) is 4.91 Å². The number of amides is 1. The van der Waals surface area contributed by atoms with E-state index in [-0.39, 0.29) is 17.8 Å². The van der Waals surface area contributed by atoms with E-state index in [1.807, 2.05) is 0 Å². The summed E-state index contributed by atoms with van der Waals surface area (Å²) in [6, 6.07) is 7.09. The summed E-state index contributed by atoms with van der Waals surface area (Å²) >= 11 is 0. The number of anilines is 2. The zero-order valence-corrected chi connectivity index (χ0v) is 16.9. The first kappa shape index (κ1) is 22.1. The van der Waals surface area contributed by atoms with Crippen LogP contribution in [0.25, 0.3) is 10.9 Å². The fourth-order valence-corrected chi connectivity index (χ4v) is 3.24. The number of aromatic nitrogens is 1. The van der Waals surface area contributed by atoms with Crippen molar-refractivity contribution in [1.29, 1.82) is 0 Å². The molecule has 1 atom stereocenters. The predicted octanol–water partition coefficient (Wildman–Crippen LogP) is 3.70. The second kappa shape index (κ2) is 9.07. The molecule has 0 saturated heterocycles. The molecule has 0 fully saturated rings. The van der Waals surface area contributed by atoms with Crippen molar-refractivity contribution in [2.75, 3.05) is 17.7 Å². The minimum atomic E-state index is -1.15. The summed E-state index contributed by atoms with van der Waals surface area (Å²) in [5.74, 6) is -0.00131. The van der Waals surface area contributed by atoms with Gasteiger partial charge in [0.2, 0.25) is 5.91 Å².